The van der Waals surface area contributed by atoms with Crippen molar-refractivity contribution < 1.29 is 19.4 Å². The number of unbranched alkanes of at least 4 members (excludes halogenated alkanes) is 1. The minimum absolute atomic E-state index is 0.00829. The SMILES string of the molecule is CCCCC1(OC(=O)c2ccccc2C(=O)O)CCCCC1. The van der Waals surface area contributed by atoms with Crippen LogP contribution < -0.4 is 0 Å². The van der Waals surface area contributed by atoms with Crippen molar-refractivity contribution in [3.63, 3.8) is 0 Å². The summed E-state index contributed by atoms with van der Waals surface area (Å²) < 4.78 is 5.86. The largest absolute Gasteiger partial charge is 0.478 e. The van der Waals surface area contributed by atoms with Crippen LogP contribution in [0.3, 0.4) is 0 Å². The van der Waals surface area contributed by atoms with E-state index >= 15 is 0 Å². The molecule has 0 spiro atoms. The van der Waals surface area contributed by atoms with Gasteiger partial charge in [0.25, 0.3) is 0 Å². The number of hydrogen-bond acceptors (Lipinski definition) is 3. The molecule has 0 aromatic heterocycles. The van der Waals surface area contributed by atoms with Gasteiger partial charge in [-0.15, -0.1) is 0 Å². The van der Waals surface area contributed by atoms with Gasteiger partial charge in [-0.3, -0.25) is 0 Å². The van der Waals surface area contributed by atoms with E-state index < -0.39 is 17.5 Å². The quantitative estimate of drug-likeness (QED) is 0.789. The molecular formula is C18H24O4. The highest BCUT2D eigenvalue weighted by atomic mass is 16.6. The Morgan fingerprint density at radius 2 is 1.77 bits per heavy atom. The molecule has 1 saturated carbocycles. The minimum Gasteiger partial charge on any atom is -0.478 e. The third kappa shape index (κ3) is 3.87. The molecule has 0 unspecified atom stereocenters. The number of benzene rings is 1. The average molecular weight is 304 g/mol. The molecule has 0 bridgehead atoms. The van der Waals surface area contributed by atoms with E-state index in [0.717, 1.165) is 44.9 Å². The summed E-state index contributed by atoms with van der Waals surface area (Å²) in [4.78, 5) is 23.8. The number of carbonyl (C=O) groups is 2. The van der Waals surface area contributed by atoms with Crippen molar-refractivity contribution in [3.05, 3.63) is 35.4 Å². The van der Waals surface area contributed by atoms with E-state index in [0.29, 0.717) is 0 Å². The van der Waals surface area contributed by atoms with E-state index in [1.54, 1.807) is 12.1 Å². The number of carboxylic acids is 1. The predicted molar refractivity (Wildman–Crippen MR) is 84.2 cm³/mol. The molecule has 1 aromatic carbocycles. The molecule has 1 aromatic rings. The Labute approximate surface area is 131 Å². The highest BCUT2D eigenvalue weighted by molar-refractivity contribution is 6.02. The van der Waals surface area contributed by atoms with Crippen LogP contribution in [-0.4, -0.2) is 22.6 Å². The van der Waals surface area contributed by atoms with Gasteiger partial charge in [-0.25, -0.2) is 9.59 Å². The Hall–Kier alpha value is -1.84. The first-order chi connectivity index (χ1) is 10.6. The van der Waals surface area contributed by atoms with E-state index in [1.807, 2.05) is 0 Å². The van der Waals surface area contributed by atoms with Crippen molar-refractivity contribution in [1.29, 1.82) is 0 Å². The van der Waals surface area contributed by atoms with Crippen LogP contribution in [0, 0.1) is 0 Å². The highest BCUT2D eigenvalue weighted by Gasteiger charge is 2.36. The highest BCUT2D eigenvalue weighted by Crippen LogP contribution is 2.36. The molecule has 1 aliphatic rings. The number of aromatic carboxylic acids is 1. The molecule has 0 amide bonds. The van der Waals surface area contributed by atoms with Crippen molar-refractivity contribution >= 4 is 11.9 Å². The van der Waals surface area contributed by atoms with Crippen LogP contribution in [0.1, 0.15) is 79.0 Å². The summed E-state index contributed by atoms with van der Waals surface area (Å²) >= 11 is 0. The summed E-state index contributed by atoms with van der Waals surface area (Å²) in [6, 6.07) is 6.26. The fourth-order valence-electron chi connectivity index (χ4n) is 3.20. The van der Waals surface area contributed by atoms with Crippen LogP contribution in [-0.2, 0) is 4.74 Å². The molecule has 1 aliphatic carbocycles. The van der Waals surface area contributed by atoms with Gasteiger partial charge < -0.3 is 9.84 Å². The number of esters is 1. The number of ether oxygens (including phenoxy) is 1. The summed E-state index contributed by atoms with van der Waals surface area (Å²) in [5, 5.41) is 9.22. The zero-order chi connectivity index (χ0) is 16.0. The number of hydrogen-bond donors (Lipinski definition) is 1. The molecule has 1 N–H and O–H groups in total. The van der Waals surface area contributed by atoms with Gasteiger partial charge in [0.1, 0.15) is 5.60 Å². The van der Waals surface area contributed by atoms with Crippen molar-refractivity contribution in [2.75, 3.05) is 0 Å². The average Bonchev–Trinajstić information content (AvgIpc) is 2.54. The lowest BCUT2D eigenvalue weighted by atomic mass is 9.81. The first kappa shape index (κ1) is 16.5. The van der Waals surface area contributed by atoms with Crippen LogP contribution in [0.4, 0.5) is 0 Å². The van der Waals surface area contributed by atoms with E-state index in [1.165, 1.54) is 18.6 Å². The first-order valence-electron chi connectivity index (χ1n) is 8.14. The maximum atomic E-state index is 12.5. The zero-order valence-electron chi connectivity index (χ0n) is 13.1. The second-order valence-electron chi connectivity index (χ2n) is 6.09. The van der Waals surface area contributed by atoms with Crippen molar-refractivity contribution in [1.82, 2.24) is 0 Å². The molecule has 120 valence electrons. The second kappa shape index (κ2) is 7.43. The van der Waals surface area contributed by atoms with Gasteiger partial charge in [0.05, 0.1) is 11.1 Å². The lowest BCUT2D eigenvalue weighted by Crippen LogP contribution is -2.37. The van der Waals surface area contributed by atoms with E-state index in [4.69, 9.17) is 4.74 Å². The Balaban J connectivity index is 2.19. The van der Waals surface area contributed by atoms with Gasteiger partial charge >= 0.3 is 11.9 Å². The first-order valence-corrected chi connectivity index (χ1v) is 8.14. The number of carboxylic acid groups (broad SMARTS) is 1. The Bertz CT molecular complexity index is 530. The molecule has 4 nitrogen and oxygen atoms in total. The molecule has 22 heavy (non-hydrogen) atoms. The maximum Gasteiger partial charge on any atom is 0.339 e. The number of carbonyl (C=O) groups excluding carboxylic acids is 1. The topological polar surface area (TPSA) is 63.6 Å². The number of rotatable bonds is 6. The van der Waals surface area contributed by atoms with E-state index in [-0.39, 0.29) is 11.1 Å². The van der Waals surface area contributed by atoms with Gasteiger partial charge in [-0.2, -0.15) is 0 Å². The van der Waals surface area contributed by atoms with Crippen LogP contribution in [0.25, 0.3) is 0 Å². The summed E-state index contributed by atoms with van der Waals surface area (Å²) in [5.41, 5.74) is -0.248. The van der Waals surface area contributed by atoms with Crippen LogP contribution >= 0.6 is 0 Å². The van der Waals surface area contributed by atoms with Crippen LogP contribution in [0.5, 0.6) is 0 Å². The normalized spacial score (nSPS) is 17.0. The molecule has 0 heterocycles. The lowest BCUT2D eigenvalue weighted by Gasteiger charge is -2.37. The van der Waals surface area contributed by atoms with E-state index in [2.05, 4.69) is 6.92 Å². The zero-order valence-corrected chi connectivity index (χ0v) is 13.1. The molecule has 1 fully saturated rings. The third-order valence-corrected chi connectivity index (χ3v) is 4.44. The minimum atomic E-state index is -1.10. The maximum absolute atomic E-state index is 12.5. The van der Waals surface area contributed by atoms with Crippen molar-refractivity contribution in [3.8, 4) is 0 Å². The van der Waals surface area contributed by atoms with Crippen LogP contribution in [0.15, 0.2) is 24.3 Å². The fourth-order valence-corrected chi connectivity index (χ4v) is 3.20. The molecule has 4 heteroatoms. The molecule has 0 aliphatic heterocycles. The van der Waals surface area contributed by atoms with Crippen molar-refractivity contribution in [2.45, 2.75) is 63.9 Å². The molecule has 0 saturated heterocycles. The summed E-state index contributed by atoms with van der Waals surface area (Å²) in [6.07, 6.45) is 8.03. The van der Waals surface area contributed by atoms with Gasteiger partial charge in [-0.1, -0.05) is 31.9 Å². The van der Waals surface area contributed by atoms with Crippen molar-refractivity contribution in [2.24, 2.45) is 0 Å². The van der Waals surface area contributed by atoms with Gasteiger partial charge in [0, 0.05) is 0 Å². The van der Waals surface area contributed by atoms with Gasteiger partial charge in [0.2, 0.25) is 0 Å². The second-order valence-corrected chi connectivity index (χ2v) is 6.09. The summed E-state index contributed by atoms with van der Waals surface area (Å²) in [5.74, 6) is -1.60. The van der Waals surface area contributed by atoms with Gasteiger partial charge in [0.15, 0.2) is 0 Å². The predicted octanol–water partition coefficient (Wildman–Crippen LogP) is 4.43. The Morgan fingerprint density at radius 1 is 1.14 bits per heavy atom. The van der Waals surface area contributed by atoms with E-state index in [9.17, 15) is 14.7 Å². The summed E-state index contributed by atoms with van der Waals surface area (Å²) in [6.45, 7) is 2.12. The summed E-state index contributed by atoms with van der Waals surface area (Å²) in [7, 11) is 0. The fraction of sp³-hybridized carbons (Fsp3) is 0.556. The smallest absolute Gasteiger partial charge is 0.339 e. The Morgan fingerprint density at radius 3 is 2.36 bits per heavy atom. The monoisotopic (exact) mass is 304 g/mol. The lowest BCUT2D eigenvalue weighted by molar-refractivity contribution is -0.0435. The van der Waals surface area contributed by atoms with Gasteiger partial charge in [-0.05, 0) is 50.7 Å². The molecule has 2 rings (SSSR count). The molecular weight excluding hydrogens is 280 g/mol. The Kier molecular flexibility index (Phi) is 5.58. The standard InChI is InChI=1S/C18H24O4/c1-2-3-11-18(12-7-4-8-13-18)22-17(21)15-10-6-5-9-14(15)16(19)20/h5-6,9-10H,2-4,7-8,11-13H2,1H3,(H,19,20). The molecule has 0 radical (unpaired) electrons. The van der Waals surface area contributed by atoms with Crippen LogP contribution in [0.2, 0.25) is 0 Å². The molecule has 0 atom stereocenters. The third-order valence-electron chi connectivity index (χ3n) is 4.44.